The van der Waals surface area contributed by atoms with Gasteiger partial charge in [-0.2, -0.15) is 0 Å². The molecule has 0 bridgehead atoms. The van der Waals surface area contributed by atoms with E-state index in [2.05, 4.69) is 12.2 Å². The number of halogens is 2. The van der Waals surface area contributed by atoms with Crippen LogP contribution in [0.5, 0.6) is 0 Å². The first-order valence-electron chi connectivity index (χ1n) is 6.87. The first kappa shape index (κ1) is 12.3. The summed E-state index contributed by atoms with van der Waals surface area (Å²) in [6, 6.07) is 3.36. The number of benzene rings is 1. The maximum atomic E-state index is 13.6. The molecule has 1 unspecified atom stereocenters. The molecule has 1 heterocycles. The maximum absolute atomic E-state index is 13.6. The summed E-state index contributed by atoms with van der Waals surface area (Å²) in [4.78, 5) is 0. The molecule has 2 aliphatic rings. The van der Waals surface area contributed by atoms with E-state index < -0.39 is 0 Å². The van der Waals surface area contributed by atoms with Gasteiger partial charge in [0.2, 0.25) is 0 Å². The number of rotatable bonds is 0. The highest BCUT2D eigenvalue weighted by Crippen LogP contribution is 2.46. The molecule has 0 amide bonds. The maximum Gasteiger partial charge on any atom is 0.142 e. The average Bonchev–Trinajstić information content (AvgIpc) is 2.33. The van der Waals surface area contributed by atoms with Gasteiger partial charge in [0.25, 0.3) is 0 Å². The van der Waals surface area contributed by atoms with Gasteiger partial charge in [-0.05, 0) is 42.9 Å². The van der Waals surface area contributed by atoms with Crippen molar-refractivity contribution in [2.75, 3.05) is 5.32 Å². The van der Waals surface area contributed by atoms with Crippen molar-refractivity contribution in [1.29, 1.82) is 0 Å². The van der Waals surface area contributed by atoms with Gasteiger partial charge in [-0.1, -0.05) is 37.8 Å². The molecule has 1 aliphatic heterocycles. The van der Waals surface area contributed by atoms with Crippen molar-refractivity contribution in [2.24, 2.45) is 0 Å². The standard InChI is InChI=1S/C15H19ClFN/c1-10-9-15(5-3-2-4-6-15)18-14-8-12(16)13(17)7-11(10)14/h7-8,10,18H,2-6,9H2,1H3. The molecule has 0 aromatic heterocycles. The molecular weight excluding hydrogens is 249 g/mol. The first-order valence-corrected chi connectivity index (χ1v) is 7.25. The summed E-state index contributed by atoms with van der Waals surface area (Å²) >= 11 is 5.91. The van der Waals surface area contributed by atoms with Crippen molar-refractivity contribution in [2.45, 2.75) is 56.9 Å². The lowest BCUT2D eigenvalue weighted by atomic mass is 9.72. The summed E-state index contributed by atoms with van der Waals surface area (Å²) < 4.78 is 13.6. The Morgan fingerprint density at radius 3 is 2.72 bits per heavy atom. The van der Waals surface area contributed by atoms with Crippen LogP contribution < -0.4 is 5.32 Å². The normalized spacial score (nSPS) is 25.6. The van der Waals surface area contributed by atoms with Crippen LogP contribution in [0.15, 0.2) is 12.1 Å². The van der Waals surface area contributed by atoms with E-state index in [0.29, 0.717) is 5.92 Å². The van der Waals surface area contributed by atoms with Crippen LogP contribution in [0.1, 0.15) is 56.9 Å². The highest BCUT2D eigenvalue weighted by Gasteiger charge is 2.38. The van der Waals surface area contributed by atoms with Gasteiger partial charge < -0.3 is 5.32 Å². The molecule has 18 heavy (non-hydrogen) atoms. The van der Waals surface area contributed by atoms with Crippen molar-refractivity contribution >= 4 is 17.3 Å². The van der Waals surface area contributed by atoms with E-state index in [1.54, 1.807) is 12.1 Å². The van der Waals surface area contributed by atoms with E-state index in [4.69, 9.17) is 11.6 Å². The smallest absolute Gasteiger partial charge is 0.142 e. The average molecular weight is 268 g/mol. The van der Waals surface area contributed by atoms with Crippen molar-refractivity contribution in [1.82, 2.24) is 0 Å². The van der Waals surface area contributed by atoms with Crippen molar-refractivity contribution in [3.63, 3.8) is 0 Å². The highest BCUT2D eigenvalue weighted by molar-refractivity contribution is 6.31. The van der Waals surface area contributed by atoms with Gasteiger partial charge in [0, 0.05) is 11.2 Å². The van der Waals surface area contributed by atoms with Crippen molar-refractivity contribution in [3.8, 4) is 0 Å². The van der Waals surface area contributed by atoms with E-state index in [-0.39, 0.29) is 16.4 Å². The lowest BCUT2D eigenvalue weighted by Gasteiger charge is -2.45. The predicted octanol–water partition coefficient (Wildman–Crippen LogP) is 5.10. The Kier molecular flexibility index (Phi) is 3.01. The minimum absolute atomic E-state index is 0.223. The Hall–Kier alpha value is -0.760. The Morgan fingerprint density at radius 1 is 1.28 bits per heavy atom. The molecule has 1 fully saturated rings. The quantitative estimate of drug-likeness (QED) is 0.689. The molecule has 1 atom stereocenters. The SMILES string of the molecule is CC1CC2(CCCCC2)Nc2cc(Cl)c(F)cc21. The molecule has 1 aliphatic carbocycles. The van der Waals surface area contributed by atoms with Crippen LogP contribution in [-0.4, -0.2) is 5.54 Å². The molecule has 0 radical (unpaired) electrons. The summed E-state index contributed by atoms with van der Waals surface area (Å²) in [5, 5.41) is 3.88. The molecule has 1 N–H and O–H groups in total. The van der Waals surface area contributed by atoms with Crippen LogP contribution in [0.2, 0.25) is 5.02 Å². The zero-order valence-electron chi connectivity index (χ0n) is 10.7. The van der Waals surface area contributed by atoms with Gasteiger partial charge in [-0.25, -0.2) is 4.39 Å². The highest BCUT2D eigenvalue weighted by atomic mass is 35.5. The minimum Gasteiger partial charge on any atom is -0.379 e. The Balaban J connectivity index is 1.98. The van der Waals surface area contributed by atoms with E-state index in [9.17, 15) is 4.39 Å². The molecule has 1 spiro atoms. The zero-order chi connectivity index (χ0) is 12.8. The number of anilines is 1. The summed E-state index contributed by atoms with van der Waals surface area (Å²) in [7, 11) is 0. The third-order valence-electron chi connectivity index (χ3n) is 4.53. The van der Waals surface area contributed by atoms with Gasteiger partial charge in [-0.3, -0.25) is 0 Å². The van der Waals surface area contributed by atoms with Crippen LogP contribution in [-0.2, 0) is 0 Å². The van der Waals surface area contributed by atoms with Gasteiger partial charge in [0.1, 0.15) is 5.82 Å². The molecule has 0 saturated heterocycles. The predicted molar refractivity (Wildman–Crippen MR) is 73.9 cm³/mol. The number of hydrogen-bond acceptors (Lipinski definition) is 1. The summed E-state index contributed by atoms with van der Waals surface area (Å²) in [6.45, 7) is 2.20. The molecule has 1 aromatic carbocycles. The lowest BCUT2D eigenvalue weighted by Crippen LogP contribution is -2.44. The molecule has 3 rings (SSSR count). The van der Waals surface area contributed by atoms with E-state index >= 15 is 0 Å². The molecular formula is C15H19ClFN. The zero-order valence-corrected chi connectivity index (χ0v) is 11.5. The molecule has 1 saturated carbocycles. The summed E-state index contributed by atoms with van der Waals surface area (Å²) in [5.74, 6) is 0.106. The molecule has 3 heteroatoms. The fourth-order valence-electron chi connectivity index (χ4n) is 3.67. The fourth-order valence-corrected chi connectivity index (χ4v) is 3.83. The Morgan fingerprint density at radius 2 is 2.00 bits per heavy atom. The monoisotopic (exact) mass is 267 g/mol. The van der Waals surface area contributed by atoms with Crippen LogP contribution in [0.4, 0.5) is 10.1 Å². The van der Waals surface area contributed by atoms with Crippen LogP contribution in [0.25, 0.3) is 0 Å². The van der Waals surface area contributed by atoms with Gasteiger partial charge >= 0.3 is 0 Å². The minimum atomic E-state index is -0.302. The van der Waals surface area contributed by atoms with E-state index in [1.807, 2.05) is 0 Å². The third-order valence-corrected chi connectivity index (χ3v) is 4.82. The van der Waals surface area contributed by atoms with Gasteiger partial charge in [0.15, 0.2) is 0 Å². The second-order valence-corrected chi connectivity index (χ2v) is 6.33. The van der Waals surface area contributed by atoms with Crippen molar-refractivity contribution < 1.29 is 4.39 Å². The lowest BCUT2D eigenvalue weighted by molar-refractivity contribution is 0.281. The summed E-state index contributed by atoms with van der Waals surface area (Å²) in [5.41, 5.74) is 2.35. The molecule has 1 nitrogen and oxygen atoms in total. The van der Waals surface area contributed by atoms with Crippen LogP contribution in [0.3, 0.4) is 0 Å². The number of nitrogens with one attached hydrogen (secondary N) is 1. The third kappa shape index (κ3) is 2.01. The number of fused-ring (bicyclic) bond motifs is 1. The Bertz CT molecular complexity index is 466. The second kappa shape index (κ2) is 4.41. The second-order valence-electron chi connectivity index (χ2n) is 5.92. The number of hydrogen-bond donors (Lipinski definition) is 1. The van der Waals surface area contributed by atoms with Crippen LogP contribution >= 0.6 is 11.6 Å². The summed E-state index contributed by atoms with van der Waals surface area (Å²) in [6.07, 6.45) is 7.50. The molecule has 1 aromatic rings. The molecule has 98 valence electrons. The van der Waals surface area contributed by atoms with Crippen molar-refractivity contribution in [3.05, 3.63) is 28.5 Å². The topological polar surface area (TPSA) is 12.0 Å². The van der Waals surface area contributed by atoms with Crippen LogP contribution in [0, 0.1) is 5.82 Å². The Labute approximate surface area is 113 Å². The van der Waals surface area contributed by atoms with Gasteiger partial charge in [-0.15, -0.1) is 0 Å². The van der Waals surface area contributed by atoms with E-state index in [1.165, 1.54) is 32.1 Å². The first-order chi connectivity index (χ1) is 8.60. The van der Waals surface area contributed by atoms with Gasteiger partial charge in [0.05, 0.1) is 5.02 Å². The largest absolute Gasteiger partial charge is 0.379 e. The van der Waals surface area contributed by atoms with E-state index in [0.717, 1.165) is 17.7 Å². The fraction of sp³-hybridized carbons (Fsp3) is 0.600.